The zero-order valence-corrected chi connectivity index (χ0v) is 12.7. The first-order valence-electron chi connectivity index (χ1n) is 6.94. The van der Waals surface area contributed by atoms with E-state index in [1.54, 1.807) is 24.3 Å². The SMILES string of the molecule is Cc1c(NC(=N)/C=C(\N)c2ccc(O)cc2)ccc(N)c1C=N. The van der Waals surface area contributed by atoms with Gasteiger partial charge in [-0.3, -0.25) is 5.41 Å². The van der Waals surface area contributed by atoms with Gasteiger partial charge < -0.3 is 27.3 Å². The lowest BCUT2D eigenvalue weighted by molar-refractivity contribution is 0.475. The number of benzene rings is 2. The van der Waals surface area contributed by atoms with Crippen molar-refractivity contribution in [3.63, 3.8) is 0 Å². The summed E-state index contributed by atoms with van der Waals surface area (Å²) in [5.41, 5.74) is 15.5. The van der Waals surface area contributed by atoms with Crippen LogP contribution in [-0.2, 0) is 0 Å². The summed E-state index contributed by atoms with van der Waals surface area (Å²) in [5.74, 6) is 0.269. The molecule has 0 atom stereocenters. The van der Waals surface area contributed by atoms with Gasteiger partial charge in [0.25, 0.3) is 0 Å². The van der Waals surface area contributed by atoms with Crippen molar-refractivity contribution in [3.8, 4) is 5.75 Å². The smallest absolute Gasteiger partial charge is 0.124 e. The molecular formula is C17H19N5O. The maximum atomic E-state index is 9.27. The van der Waals surface area contributed by atoms with Crippen LogP contribution < -0.4 is 16.8 Å². The molecule has 0 bridgehead atoms. The predicted molar refractivity (Wildman–Crippen MR) is 95.1 cm³/mol. The second kappa shape index (κ2) is 6.65. The highest BCUT2D eigenvalue weighted by molar-refractivity contribution is 6.06. The number of rotatable bonds is 4. The molecule has 0 saturated heterocycles. The number of hydrogen-bond donors (Lipinski definition) is 6. The first kappa shape index (κ1) is 16.1. The molecular weight excluding hydrogens is 290 g/mol. The Kier molecular flexibility index (Phi) is 4.66. The van der Waals surface area contributed by atoms with Crippen LogP contribution in [0.1, 0.15) is 16.7 Å². The minimum absolute atomic E-state index is 0.111. The van der Waals surface area contributed by atoms with Gasteiger partial charge in [0, 0.05) is 34.9 Å². The molecule has 0 aliphatic heterocycles. The first-order chi connectivity index (χ1) is 10.9. The third-order valence-electron chi connectivity index (χ3n) is 3.46. The Hall–Kier alpha value is -3.28. The van der Waals surface area contributed by atoms with Crippen LogP contribution in [0.4, 0.5) is 11.4 Å². The van der Waals surface area contributed by atoms with E-state index in [0.717, 1.165) is 5.56 Å². The minimum atomic E-state index is 0.111. The Morgan fingerprint density at radius 2 is 1.83 bits per heavy atom. The van der Waals surface area contributed by atoms with Gasteiger partial charge in [-0.2, -0.15) is 0 Å². The van der Waals surface area contributed by atoms with Gasteiger partial charge in [-0.1, -0.05) is 0 Å². The number of aromatic hydroxyl groups is 1. The van der Waals surface area contributed by atoms with Gasteiger partial charge >= 0.3 is 0 Å². The summed E-state index contributed by atoms with van der Waals surface area (Å²) in [6.07, 6.45) is 2.69. The Morgan fingerprint density at radius 1 is 1.17 bits per heavy atom. The molecule has 0 aromatic heterocycles. The van der Waals surface area contributed by atoms with Crippen molar-refractivity contribution < 1.29 is 5.11 Å². The highest BCUT2D eigenvalue weighted by Crippen LogP contribution is 2.23. The molecule has 23 heavy (non-hydrogen) atoms. The molecule has 0 spiro atoms. The second-order valence-corrected chi connectivity index (χ2v) is 5.07. The van der Waals surface area contributed by atoms with Crippen LogP contribution in [0.5, 0.6) is 5.75 Å². The van der Waals surface area contributed by atoms with Crippen LogP contribution in [0.25, 0.3) is 5.70 Å². The van der Waals surface area contributed by atoms with Crippen LogP contribution >= 0.6 is 0 Å². The van der Waals surface area contributed by atoms with Crippen molar-refractivity contribution in [3.05, 3.63) is 59.2 Å². The lowest BCUT2D eigenvalue weighted by Crippen LogP contribution is -2.12. The van der Waals surface area contributed by atoms with E-state index in [9.17, 15) is 5.11 Å². The maximum Gasteiger partial charge on any atom is 0.124 e. The quantitative estimate of drug-likeness (QED) is 0.294. The minimum Gasteiger partial charge on any atom is -0.508 e. The Bertz CT molecular complexity index is 778. The molecule has 0 amide bonds. The van der Waals surface area contributed by atoms with Gasteiger partial charge in [0.2, 0.25) is 0 Å². The molecule has 2 rings (SSSR count). The molecule has 2 aromatic carbocycles. The second-order valence-electron chi connectivity index (χ2n) is 5.07. The summed E-state index contributed by atoms with van der Waals surface area (Å²) >= 11 is 0. The number of nitrogen functional groups attached to an aromatic ring is 1. The summed E-state index contributed by atoms with van der Waals surface area (Å²) in [4.78, 5) is 0. The molecule has 6 nitrogen and oxygen atoms in total. The van der Waals surface area contributed by atoms with Crippen molar-refractivity contribution in [2.75, 3.05) is 11.1 Å². The molecule has 0 radical (unpaired) electrons. The van der Waals surface area contributed by atoms with Crippen LogP contribution in [0.2, 0.25) is 0 Å². The number of phenols is 1. The molecule has 0 aliphatic rings. The average Bonchev–Trinajstić information content (AvgIpc) is 2.51. The van der Waals surface area contributed by atoms with Crippen molar-refractivity contribution in [2.45, 2.75) is 6.92 Å². The van der Waals surface area contributed by atoms with Crippen LogP contribution in [0, 0.1) is 17.7 Å². The van der Waals surface area contributed by atoms with Crippen molar-refractivity contribution >= 4 is 29.1 Å². The zero-order valence-electron chi connectivity index (χ0n) is 12.7. The summed E-state index contributed by atoms with van der Waals surface area (Å²) in [5, 5.41) is 27.6. The summed E-state index contributed by atoms with van der Waals surface area (Å²) in [7, 11) is 0. The normalized spacial score (nSPS) is 11.1. The number of anilines is 2. The van der Waals surface area contributed by atoms with E-state index in [-0.39, 0.29) is 11.6 Å². The molecule has 0 unspecified atom stereocenters. The monoisotopic (exact) mass is 309 g/mol. The number of phenolic OH excluding ortho intramolecular Hbond substituents is 1. The van der Waals surface area contributed by atoms with Crippen molar-refractivity contribution in [1.82, 2.24) is 0 Å². The van der Waals surface area contributed by atoms with Crippen LogP contribution in [0.3, 0.4) is 0 Å². The van der Waals surface area contributed by atoms with Gasteiger partial charge in [-0.05, 0) is 54.4 Å². The molecule has 0 aliphatic carbocycles. The van der Waals surface area contributed by atoms with Crippen LogP contribution in [0.15, 0.2) is 42.5 Å². The molecule has 0 fully saturated rings. The van der Waals surface area contributed by atoms with E-state index in [0.29, 0.717) is 28.2 Å². The zero-order chi connectivity index (χ0) is 17.0. The Balaban J connectivity index is 2.21. The van der Waals surface area contributed by atoms with Gasteiger partial charge in [-0.15, -0.1) is 0 Å². The largest absolute Gasteiger partial charge is 0.508 e. The lowest BCUT2D eigenvalue weighted by atomic mass is 10.1. The third-order valence-corrected chi connectivity index (χ3v) is 3.46. The topological polar surface area (TPSA) is 132 Å². The van der Waals surface area contributed by atoms with Crippen molar-refractivity contribution in [2.24, 2.45) is 5.73 Å². The Morgan fingerprint density at radius 3 is 2.43 bits per heavy atom. The van der Waals surface area contributed by atoms with Gasteiger partial charge in [0.1, 0.15) is 11.6 Å². The van der Waals surface area contributed by atoms with E-state index < -0.39 is 0 Å². The third kappa shape index (κ3) is 3.68. The van der Waals surface area contributed by atoms with E-state index in [1.807, 2.05) is 6.92 Å². The Labute approximate surface area is 134 Å². The van der Waals surface area contributed by atoms with Gasteiger partial charge in [0.15, 0.2) is 0 Å². The fourth-order valence-electron chi connectivity index (χ4n) is 2.15. The molecule has 8 N–H and O–H groups in total. The van der Waals surface area contributed by atoms with Crippen molar-refractivity contribution in [1.29, 1.82) is 10.8 Å². The van der Waals surface area contributed by atoms with Gasteiger partial charge in [-0.25, -0.2) is 0 Å². The molecule has 2 aromatic rings. The lowest BCUT2D eigenvalue weighted by Gasteiger charge is -2.13. The molecule has 0 heterocycles. The molecule has 118 valence electrons. The number of hydrogen-bond acceptors (Lipinski definition) is 5. The van der Waals surface area contributed by atoms with Crippen LogP contribution in [-0.4, -0.2) is 17.2 Å². The maximum absolute atomic E-state index is 9.27. The molecule has 6 heteroatoms. The van der Waals surface area contributed by atoms with E-state index in [2.05, 4.69) is 5.32 Å². The fourth-order valence-corrected chi connectivity index (χ4v) is 2.15. The average molecular weight is 309 g/mol. The molecule has 0 saturated carbocycles. The standard InChI is InChI=1S/C17H19N5O/c1-10-13(9-18)14(19)6-7-16(10)22-17(21)8-15(20)11-2-4-12(23)5-3-11/h2-9,18,23H,19-20H2,1H3,(H2,21,22)/b15-8-,18-9?. The summed E-state index contributed by atoms with van der Waals surface area (Å²) < 4.78 is 0. The van der Waals surface area contributed by atoms with E-state index in [1.165, 1.54) is 24.4 Å². The number of nitrogens with two attached hydrogens (primary N) is 2. The number of amidine groups is 1. The number of nitrogens with one attached hydrogen (secondary N) is 3. The van der Waals surface area contributed by atoms with E-state index in [4.69, 9.17) is 22.3 Å². The van der Waals surface area contributed by atoms with Gasteiger partial charge in [0.05, 0.1) is 0 Å². The summed E-state index contributed by atoms with van der Waals surface area (Å²) in [6.45, 7) is 1.83. The predicted octanol–water partition coefficient (Wildman–Crippen LogP) is 2.67. The highest BCUT2D eigenvalue weighted by Gasteiger charge is 2.07. The fraction of sp³-hybridized carbons (Fsp3) is 0.0588. The van der Waals surface area contributed by atoms with E-state index >= 15 is 0 Å². The first-order valence-corrected chi connectivity index (χ1v) is 6.94. The summed E-state index contributed by atoms with van der Waals surface area (Å²) in [6, 6.07) is 9.88. The highest BCUT2D eigenvalue weighted by atomic mass is 16.3.